The Morgan fingerprint density at radius 1 is 1.21 bits per heavy atom. The lowest BCUT2D eigenvalue weighted by Gasteiger charge is -2.27. The summed E-state index contributed by atoms with van der Waals surface area (Å²) in [5.74, 6) is -1.29. The number of nitrogens with zero attached hydrogens (tertiary/aromatic N) is 1. The standard InChI is InChI=1S/C16H20BrN3O3.ClH/c1-3-16(18,4-2)9-19-13(21)8-20-14(22)11-6-5-10(17)7-12(11)15(20)23;/h5-7H,3-4,8-9,18H2,1-2H3,(H,19,21);1H. The lowest BCUT2D eigenvalue weighted by molar-refractivity contribution is -0.121. The van der Waals surface area contributed by atoms with Gasteiger partial charge in [-0.05, 0) is 31.0 Å². The molecule has 1 aliphatic rings. The minimum Gasteiger partial charge on any atom is -0.353 e. The van der Waals surface area contributed by atoms with Crippen LogP contribution < -0.4 is 11.1 Å². The van der Waals surface area contributed by atoms with Crippen LogP contribution in [0.1, 0.15) is 47.4 Å². The second-order valence-electron chi connectivity index (χ2n) is 5.73. The molecule has 3 amide bonds. The first-order valence-electron chi connectivity index (χ1n) is 7.52. The van der Waals surface area contributed by atoms with Crippen LogP contribution in [0.2, 0.25) is 0 Å². The number of nitrogens with one attached hydrogen (secondary N) is 1. The maximum atomic E-state index is 12.3. The highest BCUT2D eigenvalue weighted by molar-refractivity contribution is 9.10. The number of amides is 3. The summed E-state index contributed by atoms with van der Waals surface area (Å²) in [6.45, 7) is 3.93. The van der Waals surface area contributed by atoms with Crippen molar-refractivity contribution in [2.24, 2.45) is 5.73 Å². The van der Waals surface area contributed by atoms with Gasteiger partial charge in [0.05, 0.1) is 11.1 Å². The average molecular weight is 419 g/mol. The smallest absolute Gasteiger partial charge is 0.262 e. The largest absolute Gasteiger partial charge is 0.353 e. The molecule has 0 saturated heterocycles. The van der Waals surface area contributed by atoms with E-state index in [4.69, 9.17) is 5.73 Å². The SMILES string of the molecule is CCC(N)(CC)CNC(=O)CN1C(=O)c2ccc(Br)cc2C1=O.Cl. The Morgan fingerprint density at radius 3 is 2.38 bits per heavy atom. The molecule has 8 heteroatoms. The van der Waals surface area contributed by atoms with E-state index in [0.29, 0.717) is 22.1 Å². The van der Waals surface area contributed by atoms with E-state index in [1.54, 1.807) is 18.2 Å². The first-order chi connectivity index (χ1) is 10.8. The molecule has 2 rings (SSSR count). The molecule has 132 valence electrons. The van der Waals surface area contributed by atoms with E-state index < -0.39 is 23.3 Å². The number of nitrogens with two attached hydrogens (primary N) is 1. The Balaban J connectivity index is 0.00000288. The number of carbonyl (C=O) groups excluding carboxylic acids is 3. The Bertz CT molecular complexity index is 662. The van der Waals surface area contributed by atoms with Crippen LogP contribution in [-0.4, -0.2) is 41.2 Å². The third-order valence-corrected chi connectivity index (χ3v) is 4.77. The van der Waals surface area contributed by atoms with Crippen LogP contribution in [0.4, 0.5) is 0 Å². The maximum absolute atomic E-state index is 12.3. The monoisotopic (exact) mass is 417 g/mol. The van der Waals surface area contributed by atoms with Gasteiger partial charge >= 0.3 is 0 Å². The highest BCUT2D eigenvalue weighted by Crippen LogP contribution is 2.25. The third-order valence-electron chi connectivity index (χ3n) is 4.28. The summed E-state index contributed by atoms with van der Waals surface area (Å²) < 4.78 is 0.711. The third kappa shape index (κ3) is 4.15. The summed E-state index contributed by atoms with van der Waals surface area (Å²) in [5, 5.41) is 2.71. The zero-order valence-corrected chi connectivity index (χ0v) is 16.0. The molecular formula is C16H21BrClN3O3. The summed E-state index contributed by atoms with van der Waals surface area (Å²) >= 11 is 3.27. The van der Waals surface area contributed by atoms with E-state index in [1.807, 2.05) is 13.8 Å². The fraction of sp³-hybridized carbons (Fsp3) is 0.438. The van der Waals surface area contributed by atoms with Crippen LogP contribution >= 0.6 is 28.3 Å². The molecule has 1 aliphatic heterocycles. The lowest BCUT2D eigenvalue weighted by atomic mass is 9.94. The van der Waals surface area contributed by atoms with Gasteiger partial charge in [-0.3, -0.25) is 19.3 Å². The summed E-state index contributed by atoms with van der Waals surface area (Å²) in [4.78, 5) is 37.6. The molecule has 0 radical (unpaired) electrons. The van der Waals surface area contributed by atoms with Gasteiger partial charge in [-0.1, -0.05) is 29.8 Å². The van der Waals surface area contributed by atoms with Crippen LogP contribution in [0.25, 0.3) is 0 Å². The van der Waals surface area contributed by atoms with Crippen molar-refractivity contribution in [1.29, 1.82) is 0 Å². The van der Waals surface area contributed by atoms with E-state index in [2.05, 4.69) is 21.2 Å². The van der Waals surface area contributed by atoms with Crippen molar-refractivity contribution in [2.75, 3.05) is 13.1 Å². The van der Waals surface area contributed by atoms with Crippen LogP contribution in [0, 0.1) is 0 Å². The molecule has 0 bridgehead atoms. The molecule has 1 aromatic rings. The second-order valence-corrected chi connectivity index (χ2v) is 6.65. The Hall–Kier alpha value is -1.44. The molecule has 1 heterocycles. The van der Waals surface area contributed by atoms with Gasteiger partial charge in [0, 0.05) is 16.6 Å². The summed E-state index contributed by atoms with van der Waals surface area (Å²) in [6, 6.07) is 4.86. The van der Waals surface area contributed by atoms with Crippen molar-refractivity contribution >= 4 is 46.1 Å². The Kier molecular flexibility index (Phi) is 6.95. The average Bonchev–Trinajstić information content (AvgIpc) is 2.77. The first kappa shape index (κ1) is 20.6. The Labute approximate surface area is 155 Å². The van der Waals surface area contributed by atoms with Crippen LogP contribution in [0.3, 0.4) is 0 Å². The number of hydrogen-bond acceptors (Lipinski definition) is 4. The van der Waals surface area contributed by atoms with Crippen molar-refractivity contribution < 1.29 is 14.4 Å². The van der Waals surface area contributed by atoms with E-state index in [-0.39, 0.29) is 19.0 Å². The zero-order valence-electron chi connectivity index (χ0n) is 13.6. The van der Waals surface area contributed by atoms with E-state index in [0.717, 1.165) is 17.7 Å². The summed E-state index contributed by atoms with van der Waals surface area (Å²) in [6.07, 6.45) is 1.45. The van der Waals surface area contributed by atoms with Gasteiger partial charge in [0.2, 0.25) is 5.91 Å². The minimum atomic E-state index is -0.470. The molecule has 24 heavy (non-hydrogen) atoms. The first-order valence-corrected chi connectivity index (χ1v) is 8.32. The minimum absolute atomic E-state index is 0. The van der Waals surface area contributed by atoms with Crippen LogP contribution in [-0.2, 0) is 4.79 Å². The van der Waals surface area contributed by atoms with Crippen molar-refractivity contribution in [3.63, 3.8) is 0 Å². The van der Waals surface area contributed by atoms with Crippen molar-refractivity contribution in [3.05, 3.63) is 33.8 Å². The van der Waals surface area contributed by atoms with E-state index >= 15 is 0 Å². The van der Waals surface area contributed by atoms with E-state index in [9.17, 15) is 14.4 Å². The van der Waals surface area contributed by atoms with Crippen molar-refractivity contribution in [1.82, 2.24) is 10.2 Å². The molecule has 0 spiro atoms. The predicted octanol–water partition coefficient (Wildman–Crippen LogP) is 2.10. The van der Waals surface area contributed by atoms with Crippen molar-refractivity contribution in [3.8, 4) is 0 Å². The number of halogens is 2. The number of fused-ring (bicyclic) bond motifs is 1. The molecule has 6 nitrogen and oxygen atoms in total. The quantitative estimate of drug-likeness (QED) is 0.692. The molecule has 0 saturated carbocycles. The van der Waals surface area contributed by atoms with Gasteiger partial charge in [0.1, 0.15) is 6.54 Å². The van der Waals surface area contributed by atoms with Gasteiger partial charge in [-0.2, -0.15) is 0 Å². The van der Waals surface area contributed by atoms with E-state index in [1.165, 1.54) is 0 Å². The fourth-order valence-corrected chi connectivity index (χ4v) is 2.74. The molecule has 0 aromatic heterocycles. The number of benzene rings is 1. The second kappa shape index (κ2) is 8.09. The zero-order chi connectivity index (χ0) is 17.2. The number of hydrogen-bond donors (Lipinski definition) is 2. The number of imide groups is 1. The normalized spacial score (nSPS) is 13.6. The molecule has 0 unspecified atom stereocenters. The molecule has 0 atom stereocenters. The molecule has 1 aromatic carbocycles. The predicted molar refractivity (Wildman–Crippen MR) is 97.3 cm³/mol. The maximum Gasteiger partial charge on any atom is 0.262 e. The van der Waals surface area contributed by atoms with Gasteiger partial charge in [0.25, 0.3) is 11.8 Å². The highest BCUT2D eigenvalue weighted by Gasteiger charge is 2.36. The molecular weight excluding hydrogens is 398 g/mol. The van der Waals surface area contributed by atoms with Gasteiger partial charge < -0.3 is 11.1 Å². The summed E-state index contributed by atoms with van der Waals surface area (Å²) in [5.41, 5.74) is 6.29. The molecule has 3 N–H and O–H groups in total. The molecule has 0 fully saturated rings. The highest BCUT2D eigenvalue weighted by atomic mass is 79.9. The fourth-order valence-electron chi connectivity index (χ4n) is 2.38. The van der Waals surface area contributed by atoms with Crippen LogP contribution in [0.15, 0.2) is 22.7 Å². The number of carbonyl (C=O) groups is 3. The van der Waals surface area contributed by atoms with Gasteiger partial charge in [-0.25, -0.2) is 0 Å². The van der Waals surface area contributed by atoms with Crippen LogP contribution in [0.5, 0.6) is 0 Å². The molecule has 0 aliphatic carbocycles. The lowest BCUT2D eigenvalue weighted by Crippen LogP contribution is -2.51. The Morgan fingerprint density at radius 2 is 1.79 bits per heavy atom. The van der Waals surface area contributed by atoms with Gasteiger partial charge in [-0.15, -0.1) is 12.4 Å². The van der Waals surface area contributed by atoms with Crippen molar-refractivity contribution in [2.45, 2.75) is 32.2 Å². The summed E-state index contributed by atoms with van der Waals surface area (Å²) in [7, 11) is 0. The topological polar surface area (TPSA) is 92.5 Å². The number of rotatable bonds is 6. The van der Waals surface area contributed by atoms with Gasteiger partial charge in [0.15, 0.2) is 0 Å².